The SMILES string of the molecule is O=C([SiH3])c1cccs1. The number of hydrogen-bond donors (Lipinski definition) is 0. The smallest absolute Gasteiger partial charge is 0.138 e. The molecule has 0 aliphatic carbocycles. The molecule has 0 bridgehead atoms. The molecule has 0 fully saturated rings. The zero-order valence-electron chi connectivity index (χ0n) is 4.55. The van der Waals surface area contributed by atoms with Crippen molar-refractivity contribution in [2.24, 2.45) is 0 Å². The maximum atomic E-state index is 10.6. The second-order valence-electron chi connectivity index (χ2n) is 1.53. The van der Waals surface area contributed by atoms with Gasteiger partial charge in [-0.05, 0) is 11.4 Å². The summed E-state index contributed by atoms with van der Waals surface area (Å²) in [6.45, 7) is 0. The quantitative estimate of drug-likeness (QED) is 0.514. The van der Waals surface area contributed by atoms with Crippen LogP contribution in [0.2, 0.25) is 0 Å². The second kappa shape index (κ2) is 2.24. The Balaban J connectivity index is 2.93. The molecule has 0 amide bonds. The Morgan fingerprint density at radius 1 is 1.75 bits per heavy atom. The Bertz CT molecular complexity index is 180. The number of carbonyl (C=O) groups is 1. The van der Waals surface area contributed by atoms with Gasteiger partial charge in [0.2, 0.25) is 0 Å². The van der Waals surface area contributed by atoms with E-state index in [1.54, 1.807) is 0 Å². The third kappa shape index (κ3) is 1.05. The summed E-state index contributed by atoms with van der Waals surface area (Å²) < 4.78 is 0. The average molecular weight is 142 g/mol. The van der Waals surface area contributed by atoms with Crippen molar-refractivity contribution in [3.63, 3.8) is 0 Å². The Morgan fingerprint density at radius 2 is 2.50 bits per heavy atom. The highest BCUT2D eigenvalue weighted by Crippen LogP contribution is 2.06. The first-order valence-electron chi connectivity index (χ1n) is 2.35. The summed E-state index contributed by atoms with van der Waals surface area (Å²) >= 11 is 1.52. The minimum Gasteiger partial charge on any atom is -0.300 e. The van der Waals surface area contributed by atoms with Gasteiger partial charge in [-0.1, -0.05) is 6.07 Å². The lowest BCUT2D eigenvalue weighted by molar-refractivity contribution is 0.108. The van der Waals surface area contributed by atoms with Crippen LogP contribution in [0.15, 0.2) is 17.5 Å². The van der Waals surface area contributed by atoms with E-state index in [1.165, 1.54) is 11.3 Å². The van der Waals surface area contributed by atoms with E-state index < -0.39 is 0 Å². The maximum absolute atomic E-state index is 10.6. The first-order chi connectivity index (χ1) is 3.80. The summed E-state index contributed by atoms with van der Waals surface area (Å²) in [6.07, 6.45) is 0. The standard InChI is InChI=1S/C5H6OSSi/c6-5(8)4-2-1-3-7-4/h1-3H,8H3. The van der Waals surface area contributed by atoms with Crippen LogP contribution in [0.1, 0.15) is 9.67 Å². The highest BCUT2D eigenvalue weighted by atomic mass is 32.1. The summed E-state index contributed by atoms with van der Waals surface area (Å²) in [5, 5.41) is 2.21. The lowest BCUT2D eigenvalue weighted by Gasteiger charge is -1.79. The van der Waals surface area contributed by atoms with Gasteiger partial charge < -0.3 is 4.79 Å². The van der Waals surface area contributed by atoms with Gasteiger partial charge in [-0.25, -0.2) is 0 Å². The normalized spacial score (nSPS) is 9.50. The van der Waals surface area contributed by atoms with E-state index in [4.69, 9.17) is 0 Å². The highest BCUT2D eigenvalue weighted by Gasteiger charge is 1.95. The van der Waals surface area contributed by atoms with Gasteiger partial charge in [0.05, 0.1) is 15.1 Å². The number of hydrogen-bond acceptors (Lipinski definition) is 2. The lowest BCUT2D eigenvalue weighted by atomic mass is 10.5. The van der Waals surface area contributed by atoms with Crippen molar-refractivity contribution in [3.8, 4) is 0 Å². The van der Waals surface area contributed by atoms with Crippen LogP contribution < -0.4 is 0 Å². The molecule has 0 N–H and O–H groups in total. The Labute approximate surface area is 54.8 Å². The van der Waals surface area contributed by atoms with Gasteiger partial charge in [0.1, 0.15) is 5.41 Å². The predicted octanol–water partition coefficient (Wildman–Crippen LogP) is 0.254. The molecule has 0 atom stereocenters. The minimum atomic E-state index is 0.292. The molecule has 1 nitrogen and oxygen atoms in total. The molecule has 0 aromatic carbocycles. The molecular formula is C5H6OSSi. The van der Waals surface area contributed by atoms with E-state index in [0.717, 1.165) is 4.88 Å². The van der Waals surface area contributed by atoms with Gasteiger partial charge in [0, 0.05) is 0 Å². The van der Waals surface area contributed by atoms with Gasteiger partial charge in [0.15, 0.2) is 0 Å². The maximum Gasteiger partial charge on any atom is 0.138 e. The third-order valence-electron chi connectivity index (χ3n) is 0.868. The molecule has 0 spiro atoms. The Hall–Kier alpha value is -0.413. The topological polar surface area (TPSA) is 17.1 Å². The molecule has 0 saturated heterocycles. The summed E-state index contributed by atoms with van der Waals surface area (Å²) in [7, 11) is 0.643. The van der Waals surface area contributed by atoms with Crippen molar-refractivity contribution >= 4 is 27.0 Å². The number of carbonyl (C=O) groups excluding carboxylic acids is 1. The molecule has 1 rings (SSSR count). The van der Waals surface area contributed by atoms with Crippen molar-refractivity contribution < 1.29 is 4.79 Å². The molecule has 0 unspecified atom stereocenters. The van der Waals surface area contributed by atoms with E-state index in [0.29, 0.717) is 15.6 Å². The fourth-order valence-corrected chi connectivity index (χ4v) is 1.63. The van der Waals surface area contributed by atoms with Crippen LogP contribution in [0.5, 0.6) is 0 Å². The van der Waals surface area contributed by atoms with Crippen LogP contribution in [0.25, 0.3) is 0 Å². The van der Waals surface area contributed by atoms with Crippen molar-refractivity contribution in [1.82, 2.24) is 0 Å². The highest BCUT2D eigenvalue weighted by molar-refractivity contribution is 7.13. The lowest BCUT2D eigenvalue weighted by Crippen LogP contribution is -1.90. The van der Waals surface area contributed by atoms with Gasteiger partial charge in [-0.2, -0.15) is 0 Å². The second-order valence-corrected chi connectivity index (χ2v) is 3.39. The molecule has 0 radical (unpaired) electrons. The summed E-state index contributed by atoms with van der Waals surface area (Å²) in [5.41, 5.74) is 0. The van der Waals surface area contributed by atoms with Crippen molar-refractivity contribution in [3.05, 3.63) is 22.4 Å². The van der Waals surface area contributed by atoms with E-state index >= 15 is 0 Å². The van der Waals surface area contributed by atoms with Crippen LogP contribution in [0.4, 0.5) is 0 Å². The summed E-state index contributed by atoms with van der Waals surface area (Å²) in [4.78, 5) is 11.5. The summed E-state index contributed by atoms with van der Waals surface area (Å²) in [5.74, 6) is 0. The zero-order valence-corrected chi connectivity index (χ0v) is 7.37. The van der Waals surface area contributed by atoms with Gasteiger partial charge in [0.25, 0.3) is 0 Å². The third-order valence-corrected chi connectivity index (χ3v) is 2.74. The van der Waals surface area contributed by atoms with Crippen LogP contribution >= 0.6 is 11.3 Å². The largest absolute Gasteiger partial charge is 0.300 e. The van der Waals surface area contributed by atoms with Gasteiger partial charge >= 0.3 is 0 Å². The number of rotatable bonds is 1. The molecule has 0 aliphatic heterocycles. The molecular weight excluding hydrogens is 136 g/mol. The molecule has 3 heteroatoms. The molecule has 1 aromatic heterocycles. The van der Waals surface area contributed by atoms with Crippen molar-refractivity contribution in [1.29, 1.82) is 0 Å². The van der Waals surface area contributed by atoms with Crippen LogP contribution in [0, 0.1) is 0 Å². The zero-order chi connectivity index (χ0) is 5.98. The van der Waals surface area contributed by atoms with Crippen LogP contribution in [-0.2, 0) is 0 Å². The van der Waals surface area contributed by atoms with Crippen molar-refractivity contribution in [2.75, 3.05) is 0 Å². The van der Waals surface area contributed by atoms with Crippen LogP contribution in [0.3, 0.4) is 0 Å². The monoisotopic (exact) mass is 142 g/mol. The first-order valence-corrected chi connectivity index (χ1v) is 4.23. The molecule has 1 heterocycles. The van der Waals surface area contributed by atoms with Crippen molar-refractivity contribution in [2.45, 2.75) is 0 Å². The molecule has 0 aliphatic rings. The van der Waals surface area contributed by atoms with E-state index in [9.17, 15) is 4.79 Å². The number of thiophene rings is 1. The first kappa shape index (κ1) is 5.72. The fraction of sp³-hybridized carbons (Fsp3) is 0. The van der Waals surface area contributed by atoms with Gasteiger partial charge in [-0.3, -0.25) is 0 Å². The van der Waals surface area contributed by atoms with E-state index in [-0.39, 0.29) is 0 Å². The average Bonchev–Trinajstić information content (AvgIpc) is 2.12. The molecule has 42 valence electrons. The Kier molecular flexibility index (Phi) is 1.60. The molecule has 1 aromatic rings. The summed E-state index contributed by atoms with van der Waals surface area (Å²) in [6, 6.07) is 3.76. The minimum absolute atomic E-state index is 0.292. The molecule has 0 saturated carbocycles. The predicted molar refractivity (Wildman–Crippen MR) is 38.6 cm³/mol. The molecule has 8 heavy (non-hydrogen) atoms. The Morgan fingerprint density at radius 3 is 2.75 bits per heavy atom. The van der Waals surface area contributed by atoms with Crippen LogP contribution in [-0.4, -0.2) is 15.6 Å². The van der Waals surface area contributed by atoms with Gasteiger partial charge in [-0.15, -0.1) is 11.3 Å². The van der Waals surface area contributed by atoms with E-state index in [1.807, 2.05) is 17.5 Å². The fourth-order valence-electron chi connectivity index (χ4n) is 0.479. The van der Waals surface area contributed by atoms with E-state index in [2.05, 4.69) is 0 Å².